The highest BCUT2D eigenvalue weighted by Crippen LogP contribution is 2.19. The predicted molar refractivity (Wildman–Crippen MR) is 65.0 cm³/mol. The molecule has 1 amide bonds. The van der Waals surface area contributed by atoms with Crippen molar-refractivity contribution in [2.45, 2.75) is 0 Å². The Balaban J connectivity index is 2.68. The first-order valence-corrected chi connectivity index (χ1v) is 5.48. The first-order valence-electron chi connectivity index (χ1n) is 4.41. The molecule has 1 aromatic rings. The minimum atomic E-state index is -0.289. The summed E-state index contributed by atoms with van der Waals surface area (Å²) in [6.07, 6.45) is 0. The molecular formula is C10H12INO3. The molecule has 5 heteroatoms. The van der Waals surface area contributed by atoms with Crippen molar-refractivity contribution in [1.29, 1.82) is 0 Å². The maximum atomic E-state index is 11.6. The van der Waals surface area contributed by atoms with Gasteiger partial charge < -0.3 is 15.2 Å². The molecule has 4 nitrogen and oxygen atoms in total. The van der Waals surface area contributed by atoms with Gasteiger partial charge in [-0.1, -0.05) is 0 Å². The van der Waals surface area contributed by atoms with Gasteiger partial charge in [-0.15, -0.1) is 0 Å². The number of rotatable bonds is 4. The molecule has 1 aromatic carbocycles. The number of hydrogen-bond acceptors (Lipinski definition) is 3. The van der Waals surface area contributed by atoms with E-state index >= 15 is 0 Å². The number of phenols is 1. The number of hydrogen-bond donors (Lipinski definition) is 2. The van der Waals surface area contributed by atoms with Gasteiger partial charge >= 0.3 is 0 Å². The largest absolute Gasteiger partial charge is 0.507 e. The Kier molecular flexibility index (Phi) is 4.83. The Morgan fingerprint density at radius 1 is 1.60 bits per heavy atom. The van der Waals surface area contributed by atoms with Gasteiger partial charge in [-0.05, 0) is 40.8 Å². The average molecular weight is 321 g/mol. The van der Waals surface area contributed by atoms with Crippen LogP contribution in [0.1, 0.15) is 10.4 Å². The normalized spacial score (nSPS) is 10.0. The van der Waals surface area contributed by atoms with E-state index in [1.165, 1.54) is 6.07 Å². The fraction of sp³-hybridized carbons (Fsp3) is 0.300. The van der Waals surface area contributed by atoms with Gasteiger partial charge in [0.1, 0.15) is 5.75 Å². The van der Waals surface area contributed by atoms with E-state index in [1.807, 2.05) is 0 Å². The average Bonchev–Trinajstić information content (AvgIpc) is 2.22. The molecule has 82 valence electrons. The van der Waals surface area contributed by atoms with E-state index in [0.29, 0.717) is 13.2 Å². The van der Waals surface area contributed by atoms with Crippen molar-refractivity contribution in [3.8, 4) is 5.75 Å². The number of nitrogens with one attached hydrogen (secondary N) is 1. The number of halogens is 1. The van der Waals surface area contributed by atoms with Crippen LogP contribution in [0.5, 0.6) is 5.75 Å². The third-order valence-corrected chi connectivity index (χ3v) is 2.47. The second-order valence-corrected chi connectivity index (χ2v) is 4.16. The van der Waals surface area contributed by atoms with Gasteiger partial charge in [0, 0.05) is 17.2 Å². The first kappa shape index (κ1) is 12.3. The number of phenolic OH excluding ortho intramolecular Hbond substituents is 1. The van der Waals surface area contributed by atoms with Gasteiger partial charge in [-0.3, -0.25) is 4.79 Å². The molecule has 0 atom stereocenters. The lowest BCUT2D eigenvalue weighted by molar-refractivity contribution is 0.0934. The maximum Gasteiger partial charge on any atom is 0.255 e. The summed E-state index contributed by atoms with van der Waals surface area (Å²) in [4.78, 5) is 11.6. The number of methoxy groups -OCH3 is 1. The standard InChI is InChI=1S/C10H12INO3/c1-15-5-4-12-10(14)8-6-7(11)2-3-9(8)13/h2-3,6,13H,4-5H2,1H3,(H,12,14). The molecule has 2 N–H and O–H groups in total. The molecule has 0 aliphatic rings. The number of carbonyl (C=O) groups excluding carboxylic acids is 1. The minimum absolute atomic E-state index is 0.00895. The number of benzene rings is 1. The van der Waals surface area contributed by atoms with Crippen LogP contribution in [0, 0.1) is 3.57 Å². The smallest absolute Gasteiger partial charge is 0.255 e. The maximum absolute atomic E-state index is 11.6. The van der Waals surface area contributed by atoms with Crippen molar-refractivity contribution in [1.82, 2.24) is 5.32 Å². The third-order valence-electron chi connectivity index (χ3n) is 1.79. The van der Waals surface area contributed by atoms with Crippen LogP contribution >= 0.6 is 22.6 Å². The van der Waals surface area contributed by atoms with Gasteiger partial charge in [0.15, 0.2) is 0 Å². The summed E-state index contributed by atoms with van der Waals surface area (Å²) in [5.41, 5.74) is 0.290. The Labute approximate surface area is 102 Å². The third kappa shape index (κ3) is 3.67. The quantitative estimate of drug-likeness (QED) is 0.651. The summed E-state index contributed by atoms with van der Waals surface area (Å²) in [6.45, 7) is 0.886. The molecule has 0 unspecified atom stereocenters. The van der Waals surface area contributed by atoms with Crippen LogP contribution in [0.25, 0.3) is 0 Å². The van der Waals surface area contributed by atoms with Crippen LogP contribution in [0.15, 0.2) is 18.2 Å². The fourth-order valence-corrected chi connectivity index (χ4v) is 1.54. The highest BCUT2D eigenvalue weighted by atomic mass is 127. The van der Waals surface area contributed by atoms with E-state index in [-0.39, 0.29) is 17.2 Å². The van der Waals surface area contributed by atoms with Gasteiger partial charge in [0.05, 0.1) is 12.2 Å². The Morgan fingerprint density at radius 3 is 3.00 bits per heavy atom. The molecule has 0 saturated heterocycles. The molecule has 0 aromatic heterocycles. The Hall–Kier alpha value is -0.820. The van der Waals surface area contributed by atoms with Crippen LogP contribution in [-0.4, -0.2) is 31.3 Å². The number of carbonyl (C=O) groups is 1. The van der Waals surface area contributed by atoms with E-state index in [4.69, 9.17) is 4.74 Å². The second-order valence-electron chi connectivity index (χ2n) is 2.91. The predicted octanol–water partition coefficient (Wildman–Crippen LogP) is 1.37. The lowest BCUT2D eigenvalue weighted by Gasteiger charge is -2.06. The van der Waals surface area contributed by atoms with Gasteiger partial charge in [0.2, 0.25) is 0 Å². The van der Waals surface area contributed by atoms with Gasteiger partial charge in [0.25, 0.3) is 5.91 Å². The summed E-state index contributed by atoms with van der Waals surface area (Å²) in [5, 5.41) is 12.1. The van der Waals surface area contributed by atoms with Crippen LogP contribution in [0.3, 0.4) is 0 Å². The number of ether oxygens (including phenoxy) is 1. The molecular weight excluding hydrogens is 309 g/mol. The topological polar surface area (TPSA) is 58.6 Å². The SMILES string of the molecule is COCCNC(=O)c1cc(I)ccc1O. The monoisotopic (exact) mass is 321 g/mol. The van der Waals surface area contributed by atoms with Gasteiger partial charge in [-0.2, -0.15) is 0 Å². The Morgan fingerprint density at radius 2 is 2.33 bits per heavy atom. The second kappa shape index (κ2) is 5.92. The molecule has 0 heterocycles. The molecule has 0 radical (unpaired) electrons. The molecule has 0 bridgehead atoms. The van der Waals surface area contributed by atoms with Crippen LogP contribution in [0.4, 0.5) is 0 Å². The number of aromatic hydroxyl groups is 1. The van der Waals surface area contributed by atoms with Crippen molar-refractivity contribution in [3.05, 3.63) is 27.3 Å². The van der Waals surface area contributed by atoms with E-state index in [0.717, 1.165) is 3.57 Å². The van der Waals surface area contributed by atoms with Crippen LogP contribution < -0.4 is 5.32 Å². The Bertz CT molecular complexity index is 355. The molecule has 0 fully saturated rings. The van der Waals surface area contributed by atoms with Crippen molar-refractivity contribution < 1.29 is 14.6 Å². The summed E-state index contributed by atoms with van der Waals surface area (Å²) >= 11 is 2.08. The fourth-order valence-electron chi connectivity index (χ4n) is 1.05. The summed E-state index contributed by atoms with van der Waals surface area (Å²) < 4.78 is 5.71. The lowest BCUT2D eigenvalue weighted by atomic mass is 10.2. The van der Waals surface area contributed by atoms with E-state index < -0.39 is 0 Å². The van der Waals surface area contributed by atoms with E-state index in [9.17, 15) is 9.90 Å². The van der Waals surface area contributed by atoms with Crippen molar-refractivity contribution in [3.63, 3.8) is 0 Å². The zero-order valence-electron chi connectivity index (χ0n) is 8.29. The first-order chi connectivity index (χ1) is 7.15. The van der Waals surface area contributed by atoms with Crippen molar-refractivity contribution in [2.24, 2.45) is 0 Å². The zero-order valence-corrected chi connectivity index (χ0v) is 10.4. The molecule has 0 aliphatic heterocycles. The highest BCUT2D eigenvalue weighted by molar-refractivity contribution is 14.1. The van der Waals surface area contributed by atoms with Crippen molar-refractivity contribution >= 4 is 28.5 Å². The summed E-state index contributed by atoms with van der Waals surface area (Å²) in [5.74, 6) is -0.298. The summed E-state index contributed by atoms with van der Waals surface area (Å²) in [6, 6.07) is 4.88. The zero-order chi connectivity index (χ0) is 11.3. The molecule has 1 rings (SSSR count). The lowest BCUT2D eigenvalue weighted by Crippen LogP contribution is -2.27. The highest BCUT2D eigenvalue weighted by Gasteiger charge is 2.10. The molecule has 0 spiro atoms. The van der Waals surface area contributed by atoms with E-state index in [2.05, 4.69) is 27.9 Å². The molecule has 0 aliphatic carbocycles. The minimum Gasteiger partial charge on any atom is -0.507 e. The molecule has 15 heavy (non-hydrogen) atoms. The van der Waals surface area contributed by atoms with Crippen LogP contribution in [-0.2, 0) is 4.74 Å². The van der Waals surface area contributed by atoms with Crippen LogP contribution in [0.2, 0.25) is 0 Å². The number of amides is 1. The molecule has 0 saturated carbocycles. The summed E-state index contributed by atoms with van der Waals surface area (Å²) in [7, 11) is 1.56. The van der Waals surface area contributed by atoms with Crippen molar-refractivity contribution in [2.75, 3.05) is 20.3 Å². The van der Waals surface area contributed by atoms with Gasteiger partial charge in [-0.25, -0.2) is 0 Å². The van der Waals surface area contributed by atoms with E-state index in [1.54, 1.807) is 19.2 Å².